The molecule has 3 heteroatoms. The summed E-state index contributed by atoms with van der Waals surface area (Å²) in [6.45, 7) is 4.32. The summed E-state index contributed by atoms with van der Waals surface area (Å²) in [5.74, 6) is 0.514. The average molecular weight is 263 g/mol. The third-order valence-corrected chi connectivity index (χ3v) is 3.84. The Hall–Kier alpha value is -1.28. The number of nitrogens with zero attached hydrogens (tertiary/aromatic N) is 2. The van der Waals surface area contributed by atoms with E-state index in [-0.39, 0.29) is 5.38 Å². The van der Waals surface area contributed by atoms with Crippen LogP contribution in [0.15, 0.2) is 42.6 Å². The van der Waals surface area contributed by atoms with Gasteiger partial charge in [-0.2, -0.15) is 5.10 Å². The molecule has 2 nitrogen and oxygen atoms in total. The molecule has 0 saturated heterocycles. The lowest BCUT2D eigenvalue weighted by molar-refractivity contribution is 0.558. The second kappa shape index (κ2) is 6.05. The number of halogens is 1. The van der Waals surface area contributed by atoms with E-state index in [1.54, 1.807) is 0 Å². The highest BCUT2D eigenvalue weighted by molar-refractivity contribution is 6.20. The highest BCUT2D eigenvalue weighted by Gasteiger charge is 2.11. The minimum absolute atomic E-state index is 0.226. The largest absolute Gasteiger partial charge is 0.238 e. The van der Waals surface area contributed by atoms with Crippen LogP contribution in [-0.2, 0) is 6.42 Å². The van der Waals surface area contributed by atoms with Crippen LogP contribution in [0.5, 0.6) is 0 Å². The zero-order valence-corrected chi connectivity index (χ0v) is 11.6. The fourth-order valence-corrected chi connectivity index (χ4v) is 2.05. The van der Waals surface area contributed by atoms with Crippen LogP contribution in [0, 0.1) is 5.92 Å². The quantitative estimate of drug-likeness (QED) is 0.743. The zero-order chi connectivity index (χ0) is 13.0. The lowest BCUT2D eigenvalue weighted by Gasteiger charge is -2.13. The van der Waals surface area contributed by atoms with E-state index in [4.69, 9.17) is 11.6 Å². The van der Waals surface area contributed by atoms with E-state index in [2.05, 4.69) is 37.1 Å². The van der Waals surface area contributed by atoms with E-state index in [1.807, 2.05) is 29.1 Å². The van der Waals surface area contributed by atoms with Crippen molar-refractivity contribution in [3.8, 4) is 5.69 Å². The topological polar surface area (TPSA) is 17.8 Å². The third kappa shape index (κ3) is 3.14. The molecule has 1 aromatic heterocycles. The Balaban J connectivity index is 2.09. The van der Waals surface area contributed by atoms with E-state index in [1.165, 1.54) is 5.69 Å². The average Bonchev–Trinajstić information content (AvgIpc) is 2.85. The first-order valence-corrected chi connectivity index (χ1v) is 6.84. The van der Waals surface area contributed by atoms with E-state index in [9.17, 15) is 0 Å². The summed E-state index contributed by atoms with van der Waals surface area (Å²) in [7, 11) is 0. The molecule has 1 heterocycles. The number of para-hydroxylation sites is 1. The van der Waals surface area contributed by atoms with Gasteiger partial charge in [0.05, 0.1) is 5.69 Å². The molecule has 0 saturated carbocycles. The first-order chi connectivity index (χ1) is 8.68. The highest BCUT2D eigenvalue weighted by Crippen LogP contribution is 2.18. The first kappa shape index (κ1) is 13.2. The number of rotatable bonds is 5. The fourth-order valence-electron chi connectivity index (χ4n) is 1.94. The molecule has 18 heavy (non-hydrogen) atoms. The third-order valence-electron chi connectivity index (χ3n) is 3.12. The van der Waals surface area contributed by atoms with E-state index < -0.39 is 0 Å². The maximum atomic E-state index is 6.30. The number of alkyl halides is 1. The molecule has 0 amide bonds. The molecule has 0 aliphatic rings. The monoisotopic (exact) mass is 262 g/mol. The fraction of sp³-hybridized carbons (Fsp3) is 0.400. The molecule has 2 rings (SSSR count). The minimum atomic E-state index is 0.226. The van der Waals surface area contributed by atoms with Gasteiger partial charge in [-0.1, -0.05) is 32.0 Å². The summed E-state index contributed by atoms with van der Waals surface area (Å²) < 4.78 is 1.99. The van der Waals surface area contributed by atoms with Crippen molar-refractivity contribution >= 4 is 11.6 Å². The molecule has 1 unspecified atom stereocenters. The molecule has 0 fully saturated rings. The SMILES string of the molecule is CC(C)C(Cl)CCc1ccnn1-c1ccccc1. The van der Waals surface area contributed by atoms with Crippen LogP contribution in [0.2, 0.25) is 0 Å². The van der Waals surface area contributed by atoms with Crippen molar-refractivity contribution in [3.63, 3.8) is 0 Å². The van der Waals surface area contributed by atoms with Gasteiger partial charge in [-0.25, -0.2) is 4.68 Å². The van der Waals surface area contributed by atoms with Crippen LogP contribution < -0.4 is 0 Å². The number of hydrogen-bond donors (Lipinski definition) is 0. The Labute approximate surface area is 114 Å². The molecule has 2 aromatic rings. The summed E-state index contributed by atoms with van der Waals surface area (Å²) in [6, 6.07) is 12.3. The second-order valence-corrected chi connectivity index (χ2v) is 5.43. The molecular weight excluding hydrogens is 244 g/mol. The Morgan fingerprint density at radius 3 is 2.56 bits per heavy atom. The second-order valence-electron chi connectivity index (χ2n) is 4.87. The molecule has 0 N–H and O–H groups in total. The molecule has 1 atom stereocenters. The standard InChI is InChI=1S/C15H19ClN2/c1-12(2)15(16)9-8-14-10-11-17-18(14)13-6-4-3-5-7-13/h3-7,10-12,15H,8-9H2,1-2H3. The molecule has 1 aromatic carbocycles. The van der Waals surface area contributed by atoms with Crippen molar-refractivity contribution < 1.29 is 0 Å². The predicted molar refractivity (Wildman–Crippen MR) is 76.4 cm³/mol. The van der Waals surface area contributed by atoms with Gasteiger partial charge >= 0.3 is 0 Å². The summed E-state index contributed by atoms with van der Waals surface area (Å²) in [4.78, 5) is 0. The van der Waals surface area contributed by atoms with Crippen LogP contribution in [-0.4, -0.2) is 15.2 Å². The van der Waals surface area contributed by atoms with E-state index in [0.717, 1.165) is 18.5 Å². The molecule has 0 radical (unpaired) electrons. The van der Waals surface area contributed by atoms with Gasteiger partial charge in [-0.05, 0) is 37.0 Å². The number of benzene rings is 1. The summed E-state index contributed by atoms with van der Waals surface area (Å²) in [5, 5.41) is 4.61. The molecule has 0 spiro atoms. The Kier molecular flexibility index (Phi) is 4.43. The maximum absolute atomic E-state index is 6.30. The highest BCUT2D eigenvalue weighted by atomic mass is 35.5. The van der Waals surface area contributed by atoms with Crippen LogP contribution in [0.1, 0.15) is 26.0 Å². The summed E-state index contributed by atoms with van der Waals surface area (Å²) in [6.07, 6.45) is 3.79. The molecular formula is C15H19ClN2. The van der Waals surface area contributed by atoms with Gasteiger partial charge in [0.25, 0.3) is 0 Å². The molecule has 96 valence electrons. The van der Waals surface area contributed by atoms with E-state index >= 15 is 0 Å². The Bertz CT molecular complexity index is 476. The summed E-state index contributed by atoms with van der Waals surface area (Å²) >= 11 is 6.30. The molecule has 0 aliphatic carbocycles. The van der Waals surface area contributed by atoms with Gasteiger partial charge < -0.3 is 0 Å². The van der Waals surface area contributed by atoms with Crippen molar-refractivity contribution in [2.75, 3.05) is 0 Å². The minimum Gasteiger partial charge on any atom is -0.238 e. The van der Waals surface area contributed by atoms with Crippen LogP contribution in [0.25, 0.3) is 5.69 Å². The van der Waals surface area contributed by atoms with Gasteiger partial charge in [0.2, 0.25) is 0 Å². The number of aryl methyl sites for hydroxylation is 1. The normalized spacial score (nSPS) is 12.9. The van der Waals surface area contributed by atoms with Gasteiger partial charge in [-0.3, -0.25) is 0 Å². The lowest BCUT2D eigenvalue weighted by atomic mass is 10.0. The zero-order valence-electron chi connectivity index (χ0n) is 10.9. The van der Waals surface area contributed by atoms with Crippen LogP contribution >= 0.6 is 11.6 Å². The van der Waals surface area contributed by atoms with Crippen molar-refractivity contribution in [2.24, 2.45) is 5.92 Å². The van der Waals surface area contributed by atoms with E-state index in [0.29, 0.717) is 5.92 Å². The summed E-state index contributed by atoms with van der Waals surface area (Å²) in [5.41, 5.74) is 2.32. The smallest absolute Gasteiger partial charge is 0.0648 e. The molecule has 0 bridgehead atoms. The van der Waals surface area contributed by atoms with Gasteiger partial charge in [0, 0.05) is 17.3 Å². The van der Waals surface area contributed by atoms with Crippen LogP contribution in [0.3, 0.4) is 0 Å². The maximum Gasteiger partial charge on any atom is 0.0648 e. The van der Waals surface area contributed by atoms with Crippen molar-refractivity contribution in [3.05, 3.63) is 48.3 Å². The van der Waals surface area contributed by atoms with Crippen molar-refractivity contribution in [1.82, 2.24) is 9.78 Å². The van der Waals surface area contributed by atoms with Crippen molar-refractivity contribution in [2.45, 2.75) is 32.1 Å². The number of aromatic nitrogens is 2. The van der Waals surface area contributed by atoms with Crippen molar-refractivity contribution in [1.29, 1.82) is 0 Å². The van der Waals surface area contributed by atoms with Gasteiger partial charge in [0.1, 0.15) is 0 Å². The van der Waals surface area contributed by atoms with Crippen LogP contribution in [0.4, 0.5) is 0 Å². The lowest BCUT2D eigenvalue weighted by Crippen LogP contribution is -2.10. The first-order valence-electron chi connectivity index (χ1n) is 6.41. The van der Waals surface area contributed by atoms with Gasteiger partial charge in [-0.15, -0.1) is 11.6 Å². The van der Waals surface area contributed by atoms with Gasteiger partial charge in [0.15, 0.2) is 0 Å². The Morgan fingerprint density at radius 2 is 1.89 bits per heavy atom. The predicted octanol–water partition coefficient (Wildman–Crippen LogP) is 4.07. The number of hydrogen-bond acceptors (Lipinski definition) is 1. The molecule has 0 aliphatic heterocycles. The Morgan fingerprint density at radius 1 is 1.17 bits per heavy atom.